The first kappa shape index (κ1) is 18.0. The van der Waals surface area contributed by atoms with E-state index in [0.29, 0.717) is 22.6 Å². The molecule has 1 rings (SSSR count). The van der Waals surface area contributed by atoms with Crippen LogP contribution in [0.5, 0.6) is 0 Å². The van der Waals surface area contributed by atoms with E-state index in [-0.39, 0.29) is 11.8 Å². The zero-order chi connectivity index (χ0) is 16.2. The Morgan fingerprint density at radius 2 is 1.62 bits per heavy atom. The molecule has 0 atom stereocenters. The summed E-state index contributed by atoms with van der Waals surface area (Å²) in [6.07, 6.45) is 0. The molecule has 4 heteroatoms. The minimum absolute atomic E-state index is 0.0450. The van der Waals surface area contributed by atoms with Crippen LogP contribution in [0.2, 0.25) is 5.15 Å². The standard InChI is InChI=1S/C17H27ClN2O/c1-11(2)9-20(10-12(3)4)17(21)14-7-15(13(5)6)19-16(18)8-14/h7-8,11-13H,9-10H2,1-6H3. The van der Waals surface area contributed by atoms with Gasteiger partial charge in [0.1, 0.15) is 5.15 Å². The lowest BCUT2D eigenvalue weighted by atomic mass is 10.1. The number of amides is 1. The van der Waals surface area contributed by atoms with E-state index < -0.39 is 0 Å². The Kier molecular flexibility index (Phi) is 6.66. The summed E-state index contributed by atoms with van der Waals surface area (Å²) < 4.78 is 0. The van der Waals surface area contributed by atoms with Crippen LogP contribution in [0.3, 0.4) is 0 Å². The molecule has 21 heavy (non-hydrogen) atoms. The van der Waals surface area contributed by atoms with Crippen LogP contribution in [0, 0.1) is 11.8 Å². The molecule has 0 aliphatic heterocycles. The normalized spacial score (nSPS) is 11.5. The zero-order valence-corrected chi connectivity index (χ0v) is 14.7. The van der Waals surface area contributed by atoms with E-state index in [1.807, 2.05) is 24.8 Å². The van der Waals surface area contributed by atoms with Crippen LogP contribution in [0.1, 0.15) is 63.5 Å². The summed E-state index contributed by atoms with van der Waals surface area (Å²) in [6, 6.07) is 3.54. The lowest BCUT2D eigenvalue weighted by Gasteiger charge is -2.26. The number of hydrogen-bond acceptors (Lipinski definition) is 2. The molecule has 0 saturated carbocycles. The number of halogens is 1. The van der Waals surface area contributed by atoms with Gasteiger partial charge in [-0.05, 0) is 29.9 Å². The van der Waals surface area contributed by atoms with Gasteiger partial charge in [0, 0.05) is 24.3 Å². The van der Waals surface area contributed by atoms with Gasteiger partial charge in [-0.15, -0.1) is 0 Å². The maximum atomic E-state index is 12.8. The first-order valence-electron chi connectivity index (χ1n) is 7.67. The van der Waals surface area contributed by atoms with Crippen LogP contribution in [0.4, 0.5) is 0 Å². The SMILES string of the molecule is CC(C)CN(CC(C)C)C(=O)c1cc(Cl)nc(C(C)C)c1. The monoisotopic (exact) mass is 310 g/mol. The van der Waals surface area contributed by atoms with Crippen LogP contribution >= 0.6 is 11.6 Å². The van der Waals surface area contributed by atoms with E-state index in [4.69, 9.17) is 11.6 Å². The lowest BCUT2D eigenvalue weighted by Crippen LogP contribution is -2.37. The van der Waals surface area contributed by atoms with Crippen molar-refractivity contribution in [1.82, 2.24) is 9.88 Å². The molecule has 0 spiro atoms. The first-order valence-corrected chi connectivity index (χ1v) is 8.05. The van der Waals surface area contributed by atoms with Gasteiger partial charge in [0.15, 0.2) is 0 Å². The van der Waals surface area contributed by atoms with Crippen LogP contribution in [-0.2, 0) is 0 Å². The van der Waals surface area contributed by atoms with Crippen molar-refractivity contribution in [2.24, 2.45) is 11.8 Å². The third-order valence-corrected chi connectivity index (χ3v) is 3.30. The first-order chi connectivity index (χ1) is 9.70. The molecule has 0 saturated heterocycles. The third kappa shape index (κ3) is 5.66. The summed E-state index contributed by atoms with van der Waals surface area (Å²) in [6.45, 7) is 14.1. The second-order valence-electron chi connectivity index (χ2n) is 6.76. The average molecular weight is 311 g/mol. The second kappa shape index (κ2) is 7.79. The predicted molar refractivity (Wildman–Crippen MR) is 88.9 cm³/mol. The lowest BCUT2D eigenvalue weighted by molar-refractivity contribution is 0.0715. The maximum absolute atomic E-state index is 12.8. The summed E-state index contributed by atoms with van der Waals surface area (Å²) in [5, 5.41) is 0.388. The Morgan fingerprint density at radius 1 is 1.10 bits per heavy atom. The van der Waals surface area contributed by atoms with Gasteiger partial charge in [-0.2, -0.15) is 0 Å². The molecular weight excluding hydrogens is 284 g/mol. The smallest absolute Gasteiger partial charge is 0.254 e. The van der Waals surface area contributed by atoms with E-state index in [0.717, 1.165) is 18.8 Å². The number of hydrogen-bond donors (Lipinski definition) is 0. The highest BCUT2D eigenvalue weighted by atomic mass is 35.5. The minimum Gasteiger partial charge on any atom is -0.338 e. The summed E-state index contributed by atoms with van der Waals surface area (Å²) >= 11 is 6.07. The fourth-order valence-electron chi connectivity index (χ4n) is 2.24. The fraction of sp³-hybridized carbons (Fsp3) is 0.647. The number of carbonyl (C=O) groups excluding carboxylic acids is 1. The van der Waals surface area contributed by atoms with Crippen molar-refractivity contribution in [1.29, 1.82) is 0 Å². The molecule has 0 radical (unpaired) electrons. The van der Waals surface area contributed by atoms with Gasteiger partial charge in [0.2, 0.25) is 0 Å². The Morgan fingerprint density at radius 3 is 2.05 bits per heavy atom. The molecule has 1 amide bonds. The summed E-state index contributed by atoms with van der Waals surface area (Å²) in [5.74, 6) is 1.17. The maximum Gasteiger partial charge on any atom is 0.254 e. The highest BCUT2D eigenvalue weighted by molar-refractivity contribution is 6.29. The topological polar surface area (TPSA) is 33.2 Å². The zero-order valence-electron chi connectivity index (χ0n) is 14.0. The number of pyridine rings is 1. The molecule has 0 aliphatic carbocycles. The number of rotatable bonds is 6. The van der Waals surface area contributed by atoms with Crippen molar-refractivity contribution < 1.29 is 4.79 Å². The van der Waals surface area contributed by atoms with E-state index in [9.17, 15) is 4.79 Å². The van der Waals surface area contributed by atoms with Gasteiger partial charge in [0.25, 0.3) is 5.91 Å². The van der Waals surface area contributed by atoms with Crippen molar-refractivity contribution >= 4 is 17.5 Å². The van der Waals surface area contributed by atoms with Crippen molar-refractivity contribution in [2.75, 3.05) is 13.1 Å². The van der Waals surface area contributed by atoms with Crippen molar-refractivity contribution in [3.05, 3.63) is 28.5 Å². The molecule has 3 nitrogen and oxygen atoms in total. The predicted octanol–water partition coefficient (Wildman–Crippen LogP) is 4.61. The molecule has 0 N–H and O–H groups in total. The average Bonchev–Trinajstić information content (AvgIpc) is 2.35. The van der Waals surface area contributed by atoms with Gasteiger partial charge < -0.3 is 4.90 Å². The minimum atomic E-state index is 0.0450. The highest BCUT2D eigenvalue weighted by Crippen LogP contribution is 2.19. The molecule has 0 aliphatic rings. The van der Waals surface area contributed by atoms with Gasteiger partial charge in [-0.3, -0.25) is 4.79 Å². The van der Waals surface area contributed by atoms with Crippen molar-refractivity contribution in [2.45, 2.75) is 47.5 Å². The van der Waals surface area contributed by atoms with E-state index >= 15 is 0 Å². The highest BCUT2D eigenvalue weighted by Gasteiger charge is 2.19. The van der Waals surface area contributed by atoms with Gasteiger partial charge in [0.05, 0.1) is 0 Å². The van der Waals surface area contributed by atoms with Gasteiger partial charge in [-0.1, -0.05) is 53.1 Å². The molecule has 1 aromatic rings. The molecule has 118 valence electrons. The second-order valence-corrected chi connectivity index (χ2v) is 7.14. The molecule has 0 bridgehead atoms. The third-order valence-electron chi connectivity index (χ3n) is 3.11. The van der Waals surface area contributed by atoms with Gasteiger partial charge in [-0.25, -0.2) is 4.98 Å². The van der Waals surface area contributed by atoms with Crippen molar-refractivity contribution in [3.63, 3.8) is 0 Å². The Balaban J connectivity index is 3.07. The van der Waals surface area contributed by atoms with E-state index in [1.54, 1.807) is 6.07 Å². The summed E-state index contributed by atoms with van der Waals surface area (Å²) in [5.41, 5.74) is 1.50. The van der Waals surface area contributed by atoms with Crippen LogP contribution in [-0.4, -0.2) is 28.9 Å². The summed E-state index contributed by atoms with van der Waals surface area (Å²) in [7, 11) is 0. The van der Waals surface area contributed by atoms with E-state index in [1.165, 1.54) is 0 Å². The quantitative estimate of drug-likeness (QED) is 0.719. The number of aromatic nitrogens is 1. The number of carbonyl (C=O) groups is 1. The van der Waals surface area contributed by atoms with Crippen LogP contribution in [0.15, 0.2) is 12.1 Å². The molecular formula is C17H27ClN2O. The van der Waals surface area contributed by atoms with Gasteiger partial charge >= 0.3 is 0 Å². The molecule has 1 heterocycles. The Hall–Kier alpha value is -1.09. The summed E-state index contributed by atoms with van der Waals surface area (Å²) in [4.78, 5) is 19.0. The molecule has 0 unspecified atom stereocenters. The number of nitrogens with zero attached hydrogens (tertiary/aromatic N) is 2. The Labute approximate surface area is 133 Å². The largest absolute Gasteiger partial charge is 0.338 e. The van der Waals surface area contributed by atoms with Crippen LogP contribution < -0.4 is 0 Å². The van der Waals surface area contributed by atoms with Crippen LogP contribution in [0.25, 0.3) is 0 Å². The Bertz CT molecular complexity index is 474. The molecule has 0 aromatic carbocycles. The van der Waals surface area contributed by atoms with E-state index in [2.05, 4.69) is 32.7 Å². The molecule has 1 aromatic heterocycles. The molecule has 0 fully saturated rings. The fourth-order valence-corrected chi connectivity index (χ4v) is 2.46. The van der Waals surface area contributed by atoms with Crippen molar-refractivity contribution in [3.8, 4) is 0 Å².